The van der Waals surface area contributed by atoms with Gasteiger partial charge in [-0.2, -0.15) is 0 Å². The topological polar surface area (TPSA) is 144 Å². The fraction of sp³-hybridized carbons (Fsp3) is 0.136. The Labute approximate surface area is 193 Å². The number of hydrogen-bond acceptors (Lipinski definition) is 6. The van der Waals surface area contributed by atoms with Crippen LogP contribution in [-0.4, -0.2) is 38.1 Å². The molecule has 1 aromatic heterocycles. The predicted octanol–water partition coefficient (Wildman–Crippen LogP) is 3.81. The van der Waals surface area contributed by atoms with E-state index in [4.69, 9.17) is 4.55 Å². The van der Waals surface area contributed by atoms with E-state index in [2.05, 4.69) is 31.6 Å². The number of amides is 3. The number of nitrogens with one attached hydrogen (secondary N) is 5. The second-order valence-corrected chi connectivity index (χ2v) is 7.70. The third kappa shape index (κ3) is 7.30. The number of anilines is 5. The quantitative estimate of drug-likeness (QED) is 0.262. The van der Waals surface area contributed by atoms with Crippen LogP contribution in [0.5, 0.6) is 0 Å². The van der Waals surface area contributed by atoms with Crippen molar-refractivity contribution in [1.29, 1.82) is 0 Å². The molecule has 3 amide bonds. The molecule has 0 aliphatic rings. The highest BCUT2D eigenvalue weighted by Crippen LogP contribution is 2.24. The predicted molar refractivity (Wildman–Crippen MR) is 130 cm³/mol. The smallest absolute Gasteiger partial charge is 0.320 e. The number of hydrogen-bond donors (Lipinski definition) is 6. The summed E-state index contributed by atoms with van der Waals surface area (Å²) in [6.45, 7) is 2.27. The van der Waals surface area contributed by atoms with Crippen molar-refractivity contribution in [2.24, 2.45) is 0 Å². The molecule has 0 radical (unpaired) electrons. The lowest BCUT2D eigenvalue weighted by Crippen LogP contribution is -2.28. The molecular formula is C22H24N6O4S. The van der Waals surface area contributed by atoms with Crippen molar-refractivity contribution < 1.29 is 18.4 Å². The van der Waals surface area contributed by atoms with Gasteiger partial charge in [-0.3, -0.25) is 10.1 Å². The van der Waals surface area contributed by atoms with Crippen molar-refractivity contribution in [2.45, 2.75) is 6.92 Å². The lowest BCUT2D eigenvalue weighted by molar-refractivity contribution is 0.102. The number of benzene rings is 2. The van der Waals surface area contributed by atoms with Crippen molar-refractivity contribution in [3.05, 3.63) is 72.4 Å². The Kier molecular flexibility index (Phi) is 8.33. The molecule has 172 valence electrons. The average molecular weight is 469 g/mol. The number of urea groups is 1. The Morgan fingerprint density at radius 2 is 1.67 bits per heavy atom. The number of pyridine rings is 1. The standard InChI is InChI=1S/C22H24N6O4S/c1-2-23-22(30)28-20-12-19(26-16-6-4-3-5-7-16)18(13-24-20)21(29)27-17-10-8-15(9-11-17)25-14-33(31)32/h3-13,25H,2,14H2,1H3,(H,27,29)(H,31,32)(H3,23,24,26,28,30). The van der Waals surface area contributed by atoms with E-state index in [9.17, 15) is 13.8 Å². The van der Waals surface area contributed by atoms with Crippen LogP contribution < -0.4 is 26.6 Å². The minimum atomic E-state index is -1.96. The van der Waals surface area contributed by atoms with Gasteiger partial charge in [0.05, 0.1) is 11.3 Å². The number of para-hydroxylation sites is 1. The van der Waals surface area contributed by atoms with Crippen molar-refractivity contribution in [3.8, 4) is 0 Å². The van der Waals surface area contributed by atoms with Crippen LogP contribution in [0.25, 0.3) is 0 Å². The summed E-state index contributed by atoms with van der Waals surface area (Å²) in [6, 6.07) is 17.2. The van der Waals surface area contributed by atoms with Gasteiger partial charge in [0, 0.05) is 35.9 Å². The molecule has 11 heteroatoms. The van der Waals surface area contributed by atoms with Gasteiger partial charge in [-0.05, 0) is 43.3 Å². The van der Waals surface area contributed by atoms with Crippen LogP contribution in [0, 0.1) is 0 Å². The van der Waals surface area contributed by atoms with Crippen LogP contribution in [0.4, 0.5) is 33.4 Å². The van der Waals surface area contributed by atoms with E-state index in [1.807, 2.05) is 30.3 Å². The lowest BCUT2D eigenvalue weighted by atomic mass is 10.2. The van der Waals surface area contributed by atoms with E-state index in [0.717, 1.165) is 5.69 Å². The Hall–Kier alpha value is -3.96. The van der Waals surface area contributed by atoms with Crippen LogP contribution in [0.2, 0.25) is 0 Å². The van der Waals surface area contributed by atoms with Crippen LogP contribution in [0.3, 0.4) is 0 Å². The molecule has 0 fully saturated rings. The Morgan fingerprint density at radius 3 is 2.33 bits per heavy atom. The van der Waals surface area contributed by atoms with E-state index in [1.54, 1.807) is 37.3 Å². The molecule has 0 saturated carbocycles. The fourth-order valence-corrected chi connectivity index (χ4v) is 3.11. The largest absolute Gasteiger partial charge is 0.372 e. The summed E-state index contributed by atoms with van der Waals surface area (Å²) in [4.78, 5) is 29.0. The maximum Gasteiger partial charge on any atom is 0.320 e. The minimum absolute atomic E-state index is 0.0947. The third-order valence-electron chi connectivity index (χ3n) is 4.32. The van der Waals surface area contributed by atoms with Crippen LogP contribution >= 0.6 is 0 Å². The molecule has 2 aromatic carbocycles. The summed E-state index contributed by atoms with van der Waals surface area (Å²) in [5, 5.41) is 14.0. The molecule has 1 unspecified atom stereocenters. The molecule has 10 nitrogen and oxygen atoms in total. The monoisotopic (exact) mass is 468 g/mol. The molecule has 0 aliphatic heterocycles. The average Bonchev–Trinajstić information content (AvgIpc) is 2.79. The number of carbonyl (C=O) groups excluding carboxylic acids is 2. The van der Waals surface area contributed by atoms with Gasteiger partial charge in [0.2, 0.25) is 0 Å². The molecule has 1 atom stereocenters. The molecule has 0 spiro atoms. The lowest BCUT2D eigenvalue weighted by Gasteiger charge is -2.14. The minimum Gasteiger partial charge on any atom is -0.372 e. The van der Waals surface area contributed by atoms with E-state index >= 15 is 0 Å². The SMILES string of the molecule is CCNC(=O)Nc1cc(Nc2ccccc2)c(C(=O)Nc2ccc(NCS(=O)O)cc2)cn1. The van der Waals surface area contributed by atoms with Crippen molar-refractivity contribution >= 4 is 51.6 Å². The Bertz CT molecular complexity index is 1130. The van der Waals surface area contributed by atoms with Gasteiger partial charge in [-0.1, -0.05) is 18.2 Å². The number of carbonyl (C=O) groups is 2. The van der Waals surface area contributed by atoms with Gasteiger partial charge in [-0.25, -0.2) is 14.0 Å². The van der Waals surface area contributed by atoms with Crippen molar-refractivity contribution in [1.82, 2.24) is 10.3 Å². The van der Waals surface area contributed by atoms with Gasteiger partial charge in [0.1, 0.15) is 11.7 Å². The zero-order valence-electron chi connectivity index (χ0n) is 17.8. The molecule has 0 bridgehead atoms. The van der Waals surface area contributed by atoms with Gasteiger partial charge in [0.15, 0.2) is 11.1 Å². The molecule has 0 saturated heterocycles. The highest BCUT2D eigenvalue weighted by molar-refractivity contribution is 7.79. The van der Waals surface area contributed by atoms with E-state index in [0.29, 0.717) is 23.6 Å². The molecule has 3 rings (SSSR count). The van der Waals surface area contributed by atoms with Crippen LogP contribution in [0.15, 0.2) is 66.9 Å². The maximum absolute atomic E-state index is 13.0. The number of aromatic nitrogens is 1. The van der Waals surface area contributed by atoms with Gasteiger partial charge < -0.3 is 25.8 Å². The number of rotatable bonds is 9. The summed E-state index contributed by atoms with van der Waals surface area (Å²) in [5.41, 5.74) is 2.68. The van der Waals surface area contributed by atoms with Crippen LogP contribution in [-0.2, 0) is 11.1 Å². The van der Waals surface area contributed by atoms with Gasteiger partial charge >= 0.3 is 6.03 Å². The molecule has 6 N–H and O–H groups in total. The van der Waals surface area contributed by atoms with E-state index in [1.165, 1.54) is 6.20 Å². The van der Waals surface area contributed by atoms with Gasteiger partial charge in [-0.15, -0.1) is 0 Å². The summed E-state index contributed by atoms with van der Waals surface area (Å²) < 4.78 is 19.6. The number of nitrogens with zero attached hydrogens (tertiary/aromatic N) is 1. The zero-order valence-corrected chi connectivity index (χ0v) is 18.6. The highest BCUT2D eigenvalue weighted by Gasteiger charge is 2.15. The van der Waals surface area contributed by atoms with Crippen molar-refractivity contribution in [2.75, 3.05) is 33.7 Å². The highest BCUT2D eigenvalue weighted by atomic mass is 32.2. The molecule has 0 aliphatic carbocycles. The molecule has 33 heavy (non-hydrogen) atoms. The molecule has 3 aromatic rings. The van der Waals surface area contributed by atoms with Gasteiger partial charge in [0.25, 0.3) is 5.91 Å². The second kappa shape index (κ2) is 11.6. The third-order valence-corrected chi connectivity index (χ3v) is 4.71. The first-order valence-corrected chi connectivity index (χ1v) is 11.3. The normalized spacial score (nSPS) is 11.2. The van der Waals surface area contributed by atoms with E-state index < -0.39 is 23.0 Å². The first kappa shape index (κ1) is 23.7. The summed E-state index contributed by atoms with van der Waals surface area (Å²) >= 11 is -1.96. The Balaban J connectivity index is 1.80. The maximum atomic E-state index is 13.0. The first-order chi connectivity index (χ1) is 15.9. The zero-order chi connectivity index (χ0) is 23.6. The summed E-state index contributed by atoms with van der Waals surface area (Å²) in [7, 11) is 0. The summed E-state index contributed by atoms with van der Waals surface area (Å²) in [5.74, 6) is -0.210. The Morgan fingerprint density at radius 1 is 0.970 bits per heavy atom. The van der Waals surface area contributed by atoms with E-state index in [-0.39, 0.29) is 17.3 Å². The first-order valence-electron chi connectivity index (χ1n) is 10.0. The fourth-order valence-electron chi connectivity index (χ4n) is 2.82. The van der Waals surface area contributed by atoms with Crippen molar-refractivity contribution in [3.63, 3.8) is 0 Å². The molecular weight excluding hydrogens is 444 g/mol. The second-order valence-electron chi connectivity index (χ2n) is 6.76. The molecule has 1 heterocycles. The van der Waals surface area contributed by atoms with Crippen LogP contribution in [0.1, 0.15) is 17.3 Å². The summed E-state index contributed by atoms with van der Waals surface area (Å²) in [6.07, 6.45) is 1.38.